The number of hydrogen-bond donors (Lipinski definition) is 1. The molecule has 128 valence electrons. The molecule has 2 aromatic rings. The lowest BCUT2D eigenvalue weighted by Gasteiger charge is -2.26. The van der Waals surface area contributed by atoms with E-state index in [9.17, 15) is 9.90 Å². The van der Waals surface area contributed by atoms with Gasteiger partial charge in [-0.2, -0.15) is 0 Å². The quantitative estimate of drug-likeness (QED) is 0.666. The van der Waals surface area contributed by atoms with Crippen molar-refractivity contribution in [2.75, 3.05) is 13.6 Å². The molecule has 0 fully saturated rings. The molecule has 25 heavy (non-hydrogen) atoms. The molecule has 0 radical (unpaired) electrons. The first-order valence-corrected chi connectivity index (χ1v) is 7.80. The van der Waals surface area contributed by atoms with Crippen LogP contribution in [0.1, 0.15) is 22.3 Å². The second-order valence-electron chi connectivity index (χ2n) is 5.82. The Kier molecular flexibility index (Phi) is 3.62. The zero-order valence-electron chi connectivity index (χ0n) is 13.4. The first kappa shape index (κ1) is 15.5. The Labute approximate surface area is 144 Å². The van der Waals surface area contributed by atoms with Gasteiger partial charge in [-0.25, -0.2) is 0 Å². The standard InChI is InChI=1S/C19H16O6/c1-2-7-19(21,13-4-6-15-17(9-13)25-11-23-15)18(20)12-3-5-14-16(8-12)24-10-22-14/h2-6,8-9,21H,1,7,10-11H2. The van der Waals surface area contributed by atoms with Crippen molar-refractivity contribution < 1.29 is 28.8 Å². The molecule has 2 heterocycles. The van der Waals surface area contributed by atoms with Gasteiger partial charge in [0, 0.05) is 12.0 Å². The van der Waals surface area contributed by atoms with Crippen LogP contribution in [0.3, 0.4) is 0 Å². The van der Waals surface area contributed by atoms with E-state index in [1.54, 1.807) is 36.4 Å². The van der Waals surface area contributed by atoms with Crippen molar-refractivity contribution in [2.45, 2.75) is 12.0 Å². The Morgan fingerprint density at radius 1 is 1.00 bits per heavy atom. The number of Topliss-reactive ketones (excluding diaryl/α,β-unsaturated/α-hetero) is 1. The third kappa shape index (κ3) is 2.51. The summed E-state index contributed by atoms with van der Waals surface area (Å²) in [5, 5.41) is 11.2. The average molecular weight is 340 g/mol. The van der Waals surface area contributed by atoms with Crippen LogP contribution in [-0.4, -0.2) is 24.5 Å². The highest BCUT2D eigenvalue weighted by Crippen LogP contribution is 2.40. The lowest BCUT2D eigenvalue weighted by atomic mass is 9.83. The van der Waals surface area contributed by atoms with Crippen LogP contribution in [0.4, 0.5) is 0 Å². The summed E-state index contributed by atoms with van der Waals surface area (Å²) >= 11 is 0. The van der Waals surface area contributed by atoms with Gasteiger partial charge in [0.2, 0.25) is 13.6 Å². The van der Waals surface area contributed by atoms with Gasteiger partial charge in [-0.05, 0) is 35.9 Å². The summed E-state index contributed by atoms with van der Waals surface area (Å²) in [6.07, 6.45) is 1.56. The predicted molar refractivity (Wildman–Crippen MR) is 88.2 cm³/mol. The summed E-state index contributed by atoms with van der Waals surface area (Å²) in [6.45, 7) is 3.90. The van der Waals surface area contributed by atoms with E-state index in [2.05, 4.69) is 6.58 Å². The maximum Gasteiger partial charge on any atom is 0.231 e. The minimum absolute atomic E-state index is 0.0555. The maximum atomic E-state index is 13.1. The summed E-state index contributed by atoms with van der Waals surface area (Å²) < 4.78 is 21.2. The van der Waals surface area contributed by atoms with Crippen LogP contribution < -0.4 is 18.9 Å². The van der Waals surface area contributed by atoms with E-state index in [-0.39, 0.29) is 20.0 Å². The Balaban J connectivity index is 1.74. The number of hydrogen-bond acceptors (Lipinski definition) is 6. The number of fused-ring (bicyclic) bond motifs is 2. The van der Waals surface area contributed by atoms with Gasteiger partial charge in [-0.3, -0.25) is 4.79 Å². The Bertz CT molecular complexity index is 859. The number of carbonyl (C=O) groups is 1. The van der Waals surface area contributed by atoms with Crippen molar-refractivity contribution in [3.05, 3.63) is 60.2 Å². The Morgan fingerprint density at radius 2 is 1.60 bits per heavy atom. The molecular formula is C19H16O6. The van der Waals surface area contributed by atoms with Crippen LogP contribution in [0, 0.1) is 0 Å². The molecule has 0 saturated heterocycles. The largest absolute Gasteiger partial charge is 0.454 e. The Morgan fingerprint density at radius 3 is 2.28 bits per heavy atom. The number of aliphatic hydroxyl groups is 1. The molecule has 6 nitrogen and oxygen atoms in total. The first-order chi connectivity index (χ1) is 12.1. The molecule has 0 spiro atoms. The summed E-state index contributed by atoms with van der Waals surface area (Å²) in [5.41, 5.74) is -1.03. The summed E-state index contributed by atoms with van der Waals surface area (Å²) in [7, 11) is 0. The summed E-state index contributed by atoms with van der Waals surface area (Å²) in [5.74, 6) is 1.69. The van der Waals surface area contributed by atoms with Gasteiger partial charge in [0.25, 0.3) is 0 Å². The highest BCUT2D eigenvalue weighted by atomic mass is 16.7. The molecule has 6 heteroatoms. The zero-order chi connectivity index (χ0) is 17.4. The number of rotatable bonds is 5. The fourth-order valence-corrected chi connectivity index (χ4v) is 2.98. The molecule has 0 amide bonds. The molecular weight excluding hydrogens is 324 g/mol. The molecule has 0 aromatic heterocycles. The van der Waals surface area contributed by atoms with Crippen LogP contribution in [0.5, 0.6) is 23.0 Å². The average Bonchev–Trinajstić information content (AvgIpc) is 3.28. The van der Waals surface area contributed by atoms with Crippen LogP contribution in [0.15, 0.2) is 49.1 Å². The molecule has 1 unspecified atom stereocenters. The van der Waals surface area contributed by atoms with Crippen molar-refractivity contribution in [3.63, 3.8) is 0 Å². The normalized spacial score (nSPS) is 16.4. The van der Waals surface area contributed by atoms with Crippen LogP contribution in [0.25, 0.3) is 0 Å². The van der Waals surface area contributed by atoms with Gasteiger partial charge in [-0.15, -0.1) is 6.58 Å². The molecule has 0 saturated carbocycles. The third-order valence-electron chi connectivity index (χ3n) is 4.30. The zero-order valence-corrected chi connectivity index (χ0v) is 13.4. The molecule has 0 bridgehead atoms. The van der Waals surface area contributed by atoms with E-state index >= 15 is 0 Å². The van der Waals surface area contributed by atoms with E-state index in [4.69, 9.17) is 18.9 Å². The van der Waals surface area contributed by atoms with Gasteiger partial charge in [-0.1, -0.05) is 12.1 Å². The molecule has 1 atom stereocenters. The van der Waals surface area contributed by atoms with E-state index in [1.807, 2.05) is 0 Å². The lowest BCUT2D eigenvalue weighted by molar-refractivity contribution is 0.0312. The molecule has 2 aliphatic heterocycles. The maximum absolute atomic E-state index is 13.1. The Hall–Kier alpha value is -2.99. The third-order valence-corrected chi connectivity index (χ3v) is 4.30. The SMILES string of the molecule is C=CCC(O)(C(=O)c1ccc2c(c1)OCO2)c1ccc2c(c1)OCO2. The number of ketones is 1. The topological polar surface area (TPSA) is 74.2 Å². The van der Waals surface area contributed by atoms with E-state index in [1.165, 1.54) is 6.08 Å². The monoisotopic (exact) mass is 340 g/mol. The van der Waals surface area contributed by atoms with E-state index in [0.717, 1.165) is 0 Å². The minimum atomic E-state index is -1.77. The fourth-order valence-electron chi connectivity index (χ4n) is 2.98. The van der Waals surface area contributed by atoms with Crippen LogP contribution >= 0.6 is 0 Å². The van der Waals surface area contributed by atoms with Crippen molar-refractivity contribution in [1.82, 2.24) is 0 Å². The van der Waals surface area contributed by atoms with Crippen LogP contribution in [0.2, 0.25) is 0 Å². The smallest absolute Gasteiger partial charge is 0.231 e. The van der Waals surface area contributed by atoms with Gasteiger partial charge in [0.15, 0.2) is 34.4 Å². The van der Waals surface area contributed by atoms with Gasteiger partial charge in [0.05, 0.1) is 0 Å². The fraction of sp³-hybridized carbons (Fsp3) is 0.211. The molecule has 0 aliphatic carbocycles. The van der Waals surface area contributed by atoms with Crippen molar-refractivity contribution in [1.29, 1.82) is 0 Å². The second-order valence-corrected chi connectivity index (χ2v) is 5.82. The highest BCUT2D eigenvalue weighted by molar-refractivity contribution is 6.03. The number of ether oxygens (including phenoxy) is 4. The molecule has 1 N–H and O–H groups in total. The first-order valence-electron chi connectivity index (χ1n) is 7.80. The predicted octanol–water partition coefficient (Wildman–Crippen LogP) is 2.79. The van der Waals surface area contributed by atoms with Gasteiger partial charge < -0.3 is 24.1 Å². The van der Waals surface area contributed by atoms with Crippen molar-refractivity contribution in [3.8, 4) is 23.0 Å². The van der Waals surface area contributed by atoms with Gasteiger partial charge in [0.1, 0.15) is 0 Å². The van der Waals surface area contributed by atoms with Gasteiger partial charge >= 0.3 is 0 Å². The van der Waals surface area contributed by atoms with Crippen molar-refractivity contribution >= 4 is 5.78 Å². The second kappa shape index (κ2) is 5.82. The van der Waals surface area contributed by atoms with Crippen molar-refractivity contribution in [2.24, 2.45) is 0 Å². The number of carbonyl (C=O) groups excluding carboxylic acids is 1. The molecule has 2 aromatic carbocycles. The summed E-state index contributed by atoms with van der Waals surface area (Å²) in [6, 6.07) is 9.80. The minimum Gasteiger partial charge on any atom is -0.454 e. The van der Waals surface area contributed by atoms with Crippen LogP contribution in [-0.2, 0) is 5.60 Å². The van der Waals surface area contributed by atoms with E-state index < -0.39 is 11.4 Å². The lowest BCUT2D eigenvalue weighted by Crippen LogP contribution is -2.35. The summed E-state index contributed by atoms with van der Waals surface area (Å²) in [4.78, 5) is 13.1. The number of benzene rings is 2. The molecule has 2 aliphatic rings. The van der Waals surface area contributed by atoms with E-state index in [0.29, 0.717) is 34.1 Å². The molecule has 4 rings (SSSR count). The highest BCUT2D eigenvalue weighted by Gasteiger charge is 2.39.